The minimum atomic E-state index is -1.22. The molecule has 0 atom stereocenters. The highest BCUT2D eigenvalue weighted by molar-refractivity contribution is 5.93. The number of ether oxygens (including phenoxy) is 1. The zero-order valence-corrected chi connectivity index (χ0v) is 10.2. The monoisotopic (exact) mass is 245 g/mol. The van der Waals surface area contributed by atoms with Gasteiger partial charge in [-0.2, -0.15) is 5.10 Å². The van der Waals surface area contributed by atoms with Gasteiger partial charge < -0.3 is 14.6 Å². The summed E-state index contributed by atoms with van der Waals surface area (Å²) < 4.78 is 6.63. The number of hydrogen-bond donors (Lipinski definition) is 0. The maximum absolute atomic E-state index is 11.1. The Kier molecular flexibility index (Phi) is 3.32. The molecule has 0 aliphatic carbocycles. The van der Waals surface area contributed by atoms with E-state index >= 15 is 0 Å². The topological polar surface area (TPSA) is 67.2 Å². The van der Waals surface area contributed by atoms with Crippen LogP contribution in [0, 0.1) is 0 Å². The number of aromatic carboxylic acids is 1. The van der Waals surface area contributed by atoms with E-state index in [1.54, 1.807) is 36.1 Å². The first kappa shape index (κ1) is 12.2. The highest BCUT2D eigenvalue weighted by Gasteiger charge is 2.11. The fraction of sp³-hybridized carbons (Fsp3) is 0.231. The van der Waals surface area contributed by atoms with Crippen LogP contribution in [-0.4, -0.2) is 22.9 Å². The average molecular weight is 245 g/mol. The van der Waals surface area contributed by atoms with E-state index in [1.807, 2.05) is 6.92 Å². The van der Waals surface area contributed by atoms with Gasteiger partial charge in [-0.3, -0.25) is 4.68 Å². The Morgan fingerprint density at radius 3 is 2.56 bits per heavy atom. The lowest BCUT2D eigenvalue weighted by atomic mass is 10.1. The average Bonchev–Trinajstić information content (AvgIpc) is 2.83. The van der Waals surface area contributed by atoms with E-state index in [9.17, 15) is 9.90 Å². The Balaban J connectivity index is 2.47. The molecule has 2 rings (SSSR count). The summed E-state index contributed by atoms with van der Waals surface area (Å²) in [4.78, 5) is 11.1. The van der Waals surface area contributed by atoms with Crippen molar-refractivity contribution >= 4 is 5.97 Å². The smallest absolute Gasteiger partial charge is 0.118 e. The van der Waals surface area contributed by atoms with Gasteiger partial charge >= 0.3 is 0 Å². The third-order valence-electron chi connectivity index (χ3n) is 2.67. The molecule has 18 heavy (non-hydrogen) atoms. The van der Waals surface area contributed by atoms with Gasteiger partial charge in [0.2, 0.25) is 0 Å². The summed E-state index contributed by atoms with van der Waals surface area (Å²) in [7, 11) is 1.58. The molecule has 0 bridgehead atoms. The van der Waals surface area contributed by atoms with E-state index in [-0.39, 0.29) is 5.56 Å². The van der Waals surface area contributed by atoms with Crippen LogP contribution in [0.1, 0.15) is 17.3 Å². The van der Waals surface area contributed by atoms with Crippen LogP contribution in [0.25, 0.3) is 11.3 Å². The first-order valence-electron chi connectivity index (χ1n) is 5.59. The summed E-state index contributed by atoms with van der Waals surface area (Å²) in [6.45, 7) is 2.50. The van der Waals surface area contributed by atoms with Crippen LogP contribution in [0.15, 0.2) is 30.5 Å². The zero-order chi connectivity index (χ0) is 13.1. The molecule has 94 valence electrons. The largest absolute Gasteiger partial charge is 0.545 e. The second kappa shape index (κ2) is 4.91. The van der Waals surface area contributed by atoms with Crippen LogP contribution in [0.4, 0.5) is 0 Å². The first-order valence-corrected chi connectivity index (χ1v) is 5.59. The van der Waals surface area contributed by atoms with Crippen molar-refractivity contribution < 1.29 is 14.6 Å². The van der Waals surface area contributed by atoms with Crippen LogP contribution < -0.4 is 9.84 Å². The van der Waals surface area contributed by atoms with Gasteiger partial charge in [0.15, 0.2) is 0 Å². The number of nitrogens with zero attached hydrogens (tertiary/aromatic N) is 2. The number of methoxy groups -OCH3 is 1. The second-order valence-corrected chi connectivity index (χ2v) is 3.76. The lowest BCUT2D eigenvalue weighted by molar-refractivity contribution is -0.254. The lowest BCUT2D eigenvalue weighted by Crippen LogP contribution is -2.22. The van der Waals surface area contributed by atoms with Crippen LogP contribution in [0.3, 0.4) is 0 Å². The number of carboxylic acid groups (broad SMARTS) is 1. The predicted octanol–water partition coefficient (Wildman–Crippen LogP) is 0.942. The van der Waals surface area contributed by atoms with Gasteiger partial charge in [0.05, 0.1) is 13.1 Å². The standard InChI is InChI=1S/C13H14N2O3/c1-3-15-8-11(13(16)17)12(14-15)9-4-6-10(18-2)7-5-9/h4-8H,3H2,1-2H3,(H,16,17)/p-1. The number of hydrogen-bond acceptors (Lipinski definition) is 4. The Bertz CT molecular complexity index is 558. The number of carbonyl (C=O) groups is 1. The first-order chi connectivity index (χ1) is 8.65. The fourth-order valence-corrected chi connectivity index (χ4v) is 1.69. The SMILES string of the molecule is CCn1cc(C(=O)[O-])c(-c2ccc(OC)cc2)n1. The molecule has 2 aromatic rings. The third-order valence-corrected chi connectivity index (χ3v) is 2.67. The number of carboxylic acids is 1. The number of aromatic nitrogens is 2. The summed E-state index contributed by atoms with van der Waals surface area (Å²) in [6.07, 6.45) is 1.48. The molecular weight excluding hydrogens is 232 g/mol. The summed E-state index contributed by atoms with van der Waals surface area (Å²) in [6, 6.07) is 7.07. The Morgan fingerprint density at radius 1 is 1.39 bits per heavy atom. The van der Waals surface area contributed by atoms with Crippen LogP contribution in [0.5, 0.6) is 5.75 Å². The normalized spacial score (nSPS) is 10.3. The van der Waals surface area contributed by atoms with Gasteiger partial charge in [0.25, 0.3) is 0 Å². The highest BCUT2D eigenvalue weighted by atomic mass is 16.5. The van der Waals surface area contributed by atoms with Crippen molar-refractivity contribution in [2.75, 3.05) is 7.11 Å². The molecule has 5 nitrogen and oxygen atoms in total. The number of benzene rings is 1. The van der Waals surface area contributed by atoms with Crippen molar-refractivity contribution in [1.29, 1.82) is 0 Å². The molecule has 0 aliphatic rings. The summed E-state index contributed by atoms with van der Waals surface area (Å²) in [5.41, 5.74) is 1.24. The lowest BCUT2D eigenvalue weighted by Gasteiger charge is -2.04. The molecule has 5 heteroatoms. The minimum Gasteiger partial charge on any atom is -0.545 e. The van der Waals surface area contributed by atoms with Gasteiger partial charge in [-0.1, -0.05) is 0 Å². The van der Waals surface area contributed by atoms with Crippen molar-refractivity contribution in [2.24, 2.45) is 0 Å². The molecule has 0 saturated carbocycles. The van der Waals surface area contributed by atoms with Crippen molar-refractivity contribution in [2.45, 2.75) is 13.5 Å². The van der Waals surface area contributed by atoms with Crippen molar-refractivity contribution in [3.63, 3.8) is 0 Å². The van der Waals surface area contributed by atoms with Gasteiger partial charge in [-0.05, 0) is 31.2 Å². The van der Waals surface area contributed by atoms with Crippen LogP contribution in [0.2, 0.25) is 0 Å². The Morgan fingerprint density at radius 2 is 2.06 bits per heavy atom. The number of carbonyl (C=O) groups excluding carboxylic acids is 1. The van der Waals surface area contributed by atoms with Crippen molar-refractivity contribution in [1.82, 2.24) is 9.78 Å². The summed E-state index contributed by atoms with van der Waals surface area (Å²) >= 11 is 0. The molecule has 0 fully saturated rings. The third kappa shape index (κ3) is 2.20. The van der Waals surface area contributed by atoms with E-state index < -0.39 is 5.97 Å². The highest BCUT2D eigenvalue weighted by Crippen LogP contribution is 2.24. The Hall–Kier alpha value is -2.30. The van der Waals surface area contributed by atoms with Crippen molar-refractivity contribution in [3.05, 3.63) is 36.0 Å². The van der Waals surface area contributed by atoms with Gasteiger partial charge in [0, 0.05) is 23.9 Å². The fourth-order valence-electron chi connectivity index (χ4n) is 1.69. The van der Waals surface area contributed by atoms with E-state index in [4.69, 9.17) is 4.74 Å². The maximum atomic E-state index is 11.1. The molecule has 0 aliphatic heterocycles. The van der Waals surface area contributed by atoms with Gasteiger partial charge in [-0.15, -0.1) is 0 Å². The Labute approximate surface area is 105 Å². The molecule has 0 spiro atoms. The number of aryl methyl sites for hydroxylation is 1. The second-order valence-electron chi connectivity index (χ2n) is 3.76. The molecule has 1 aromatic heterocycles. The predicted molar refractivity (Wildman–Crippen MR) is 64.2 cm³/mol. The molecule has 1 heterocycles. The maximum Gasteiger partial charge on any atom is 0.118 e. The molecule has 0 saturated heterocycles. The summed E-state index contributed by atoms with van der Waals surface area (Å²) in [5.74, 6) is -0.510. The van der Waals surface area contributed by atoms with Crippen LogP contribution >= 0.6 is 0 Å². The molecule has 0 amide bonds. The zero-order valence-electron chi connectivity index (χ0n) is 10.2. The van der Waals surface area contributed by atoms with Crippen LogP contribution in [-0.2, 0) is 6.54 Å². The van der Waals surface area contributed by atoms with E-state index in [1.165, 1.54) is 6.20 Å². The minimum absolute atomic E-state index is 0.0991. The molecule has 0 unspecified atom stereocenters. The summed E-state index contributed by atoms with van der Waals surface area (Å²) in [5, 5.41) is 15.3. The van der Waals surface area contributed by atoms with E-state index in [2.05, 4.69) is 5.10 Å². The van der Waals surface area contributed by atoms with E-state index in [0.717, 1.165) is 5.56 Å². The molecule has 1 aromatic carbocycles. The molecule has 0 N–H and O–H groups in total. The molecular formula is C13H13N2O3-. The molecule has 0 radical (unpaired) electrons. The van der Waals surface area contributed by atoms with Gasteiger partial charge in [-0.25, -0.2) is 0 Å². The van der Waals surface area contributed by atoms with Crippen molar-refractivity contribution in [3.8, 4) is 17.0 Å². The number of rotatable bonds is 4. The van der Waals surface area contributed by atoms with E-state index in [0.29, 0.717) is 18.0 Å². The van der Waals surface area contributed by atoms with Gasteiger partial charge in [0.1, 0.15) is 11.4 Å². The quantitative estimate of drug-likeness (QED) is 0.804.